The number of methoxy groups -OCH3 is 1. The van der Waals surface area contributed by atoms with E-state index in [0.29, 0.717) is 6.42 Å². The van der Waals surface area contributed by atoms with E-state index in [9.17, 15) is 19.5 Å². The van der Waals surface area contributed by atoms with E-state index < -0.39 is 35.7 Å². The average Bonchev–Trinajstić information content (AvgIpc) is 3.40. The smallest absolute Gasteiger partial charge is 0.407 e. The molecule has 1 fully saturated rings. The van der Waals surface area contributed by atoms with Crippen LogP contribution in [-0.2, 0) is 23.8 Å². The minimum Gasteiger partial charge on any atom is -0.479 e. The first-order chi connectivity index (χ1) is 16.3. The number of hydrogen-bond donors (Lipinski definition) is 3. The minimum atomic E-state index is -1.62. The molecule has 0 saturated carbocycles. The summed E-state index contributed by atoms with van der Waals surface area (Å²) >= 11 is 0. The van der Waals surface area contributed by atoms with Gasteiger partial charge >= 0.3 is 12.1 Å². The molecule has 1 saturated heterocycles. The highest BCUT2D eigenvalue weighted by atomic mass is 16.6. The summed E-state index contributed by atoms with van der Waals surface area (Å²) in [4.78, 5) is 36.9. The minimum absolute atomic E-state index is 0.0811. The van der Waals surface area contributed by atoms with Gasteiger partial charge in [0.2, 0.25) is 0 Å². The molecular formula is C25H28N2O7. The molecule has 1 unspecified atom stereocenters. The molecule has 2 aliphatic rings. The summed E-state index contributed by atoms with van der Waals surface area (Å²) in [5, 5.41) is 14.6. The van der Waals surface area contributed by atoms with E-state index in [1.807, 2.05) is 36.4 Å². The van der Waals surface area contributed by atoms with Crippen molar-refractivity contribution in [2.75, 3.05) is 26.9 Å². The van der Waals surface area contributed by atoms with Crippen molar-refractivity contribution in [3.8, 4) is 11.1 Å². The number of fused-ring (bicyclic) bond motifs is 3. The molecule has 0 bridgehead atoms. The monoisotopic (exact) mass is 468 g/mol. The maximum atomic E-state index is 12.7. The molecule has 2 amide bonds. The van der Waals surface area contributed by atoms with Crippen LogP contribution >= 0.6 is 0 Å². The summed E-state index contributed by atoms with van der Waals surface area (Å²) in [5.41, 5.74) is 2.84. The van der Waals surface area contributed by atoms with Gasteiger partial charge in [0.25, 0.3) is 5.91 Å². The Morgan fingerprint density at radius 3 is 2.29 bits per heavy atom. The van der Waals surface area contributed by atoms with Crippen LogP contribution in [0.1, 0.15) is 30.4 Å². The van der Waals surface area contributed by atoms with Gasteiger partial charge in [0.05, 0.1) is 12.6 Å². The number of aliphatic carboxylic acids is 1. The summed E-state index contributed by atoms with van der Waals surface area (Å²) in [6.07, 6.45) is -1.29. The van der Waals surface area contributed by atoms with Crippen LogP contribution in [0.15, 0.2) is 48.5 Å². The zero-order valence-electron chi connectivity index (χ0n) is 19.1. The van der Waals surface area contributed by atoms with Crippen molar-refractivity contribution in [2.45, 2.75) is 36.9 Å². The molecule has 180 valence electrons. The first-order valence-corrected chi connectivity index (χ1v) is 11.1. The molecule has 4 rings (SSSR count). The highest BCUT2D eigenvalue weighted by molar-refractivity contribution is 5.90. The van der Waals surface area contributed by atoms with Crippen LogP contribution in [0.5, 0.6) is 0 Å². The van der Waals surface area contributed by atoms with Crippen LogP contribution in [0.3, 0.4) is 0 Å². The lowest BCUT2D eigenvalue weighted by molar-refractivity contribution is -0.151. The third-order valence-corrected chi connectivity index (χ3v) is 6.30. The van der Waals surface area contributed by atoms with Gasteiger partial charge in [0.15, 0.2) is 11.6 Å². The third-order valence-electron chi connectivity index (χ3n) is 6.30. The number of rotatable bonds is 8. The Bertz CT molecular complexity index is 1040. The Labute approximate surface area is 197 Å². The second-order valence-electron chi connectivity index (χ2n) is 8.72. The molecule has 9 nitrogen and oxygen atoms in total. The predicted molar refractivity (Wildman–Crippen MR) is 122 cm³/mol. The van der Waals surface area contributed by atoms with Gasteiger partial charge in [-0.15, -0.1) is 0 Å². The Kier molecular flexibility index (Phi) is 6.85. The number of alkyl carbamates (subject to hydrolysis) is 1. The summed E-state index contributed by atoms with van der Waals surface area (Å²) in [6, 6.07) is 15.4. The SMILES string of the molecule is COCC(C)(NC(=O)[C@H]1OCC[C@H]1NC(=O)OCC1c2ccccc2-c2ccccc21)C(=O)O. The van der Waals surface area contributed by atoms with E-state index >= 15 is 0 Å². The van der Waals surface area contributed by atoms with Gasteiger partial charge in [0, 0.05) is 19.6 Å². The largest absolute Gasteiger partial charge is 0.479 e. The van der Waals surface area contributed by atoms with E-state index in [1.165, 1.54) is 14.0 Å². The number of carbonyl (C=O) groups is 3. The predicted octanol–water partition coefficient (Wildman–Crippen LogP) is 2.29. The third kappa shape index (κ3) is 4.62. The molecule has 0 spiro atoms. The summed E-state index contributed by atoms with van der Waals surface area (Å²) in [6.45, 7) is 1.53. The Morgan fingerprint density at radius 2 is 1.71 bits per heavy atom. The van der Waals surface area contributed by atoms with Crippen molar-refractivity contribution in [2.24, 2.45) is 0 Å². The zero-order chi connectivity index (χ0) is 24.3. The molecular weight excluding hydrogens is 440 g/mol. The second-order valence-corrected chi connectivity index (χ2v) is 8.72. The normalized spacial score (nSPS) is 20.6. The topological polar surface area (TPSA) is 123 Å². The lowest BCUT2D eigenvalue weighted by Gasteiger charge is -2.28. The van der Waals surface area contributed by atoms with Crippen molar-refractivity contribution in [3.05, 3.63) is 59.7 Å². The molecule has 2 aromatic carbocycles. The number of amides is 2. The first-order valence-electron chi connectivity index (χ1n) is 11.1. The van der Waals surface area contributed by atoms with Gasteiger partial charge in [-0.3, -0.25) is 4.79 Å². The molecule has 0 aromatic heterocycles. The van der Waals surface area contributed by atoms with E-state index in [1.54, 1.807) is 0 Å². The van der Waals surface area contributed by atoms with Crippen LogP contribution in [0, 0.1) is 0 Å². The number of carboxylic acid groups (broad SMARTS) is 1. The van der Waals surface area contributed by atoms with Crippen molar-refractivity contribution in [1.29, 1.82) is 0 Å². The van der Waals surface area contributed by atoms with Gasteiger partial charge in [-0.2, -0.15) is 0 Å². The van der Waals surface area contributed by atoms with E-state index in [2.05, 4.69) is 22.8 Å². The Hall–Kier alpha value is -3.43. The van der Waals surface area contributed by atoms with E-state index in [-0.39, 0.29) is 25.7 Å². The molecule has 1 aliphatic carbocycles. The number of ether oxygens (including phenoxy) is 3. The maximum Gasteiger partial charge on any atom is 0.407 e. The van der Waals surface area contributed by atoms with E-state index in [0.717, 1.165) is 22.3 Å². The zero-order valence-corrected chi connectivity index (χ0v) is 19.1. The summed E-state index contributed by atoms with van der Waals surface area (Å²) < 4.78 is 16.0. The first kappa shape index (κ1) is 23.7. The van der Waals surface area contributed by atoms with Gasteiger partial charge in [0.1, 0.15) is 6.61 Å². The number of carboxylic acids is 1. The molecule has 34 heavy (non-hydrogen) atoms. The fraction of sp³-hybridized carbons (Fsp3) is 0.400. The van der Waals surface area contributed by atoms with Crippen LogP contribution in [-0.4, -0.2) is 67.7 Å². The molecule has 0 radical (unpaired) electrons. The lowest BCUT2D eigenvalue weighted by atomic mass is 9.98. The molecule has 3 N–H and O–H groups in total. The van der Waals surface area contributed by atoms with Gasteiger partial charge in [-0.25, -0.2) is 9.59 Å². The van der Waals surface area contributed by atoms with Gasteiger partial charge < -0.3 is 30.0 Å². The van der Waals surface area contributed by atoms with Crippen molar-refractivity contribution >= 4 is 18.0 Å². The van der Waals surface area contributed by atoms with E-state index in [4.69, 9.17) is 14.2 Å². The number of benzene rings is 2. The lowest BCUT2D eigenvalue weighted by Crippen LogP contribution is -2.59. The average molecular weight is 469 g/mol. The summed E-state index contributed by atoms with van der Waals surface area (Å²) in [7, 11) is 1.35. The van der Waals surface area contributed by atoms with Crippen molar-refractivity contribution in [1.82, 2.24) is 10.6 Å². The molecule has 1 aliphatic heterocycles. The van der Waals surface area contributed by atoms with Gasteiger partial charge in [-0.1, -0.05) is 48.5 Å². The molecule has 9 heteroatoms. The maximum absolute atomic E-state index is 12.7. The van der Waals surface area contributed by atoms with Crippen LogP contribution in [0.25, 0.3) is 11.1 Å². The standard InChI is InChI=1S/C25H28N2O7/c1-25(14-32-2,23(29)30)27-22(28)21-20(11-12-33-21)26-24(31)34-13-19-17-9-5-3-7-15(17)16-8-4-6-10-18(16)19/h3-10,19-21H,11-14H2,1-2H3,(H,26,31)(H,27,28)(H,29,30)/t20-,21+,25?/m1/s1. The van der Waals surface area contributed by atoms with Gasteiger partial charge in [-0.05, 0) is 35.6 Å². The Balaban J connectivity index is 1.38. The highest BCUT2D eigenvalue weighted by Gasteiger charge is 2.42. The Morgan fingerprint density at radius 1 is 1.09 bits per heavy atom. The van der Waals surface area contributed by atoms with Crippen molar-refractivity contribution < 1.29 is 33.7 Å². The number of nitrogens with one attached hydrogen (secondary N) is 2. The van der Waals surface area contributed by atoms with Crippen molar-refractivity contribution in [3.63, 3.8) is 0 Å². The molecule has 3 atom stereocenters. The fourth-order valence-corrected chi connectivity index (χ4v) is 4.57. The highest BCUT2D eigenvalue weighted by Crippen LogP contribution is 2.44. The second kappa shape index (κ2) is 9.82. The summed E-state index contributed by atoms with van der Waals surface area (Å²) in [5.74, 6) is -1.95. The quantitative estimate of drug-likeness (QED) is 0.543. The molecule has 1 heterocycles. The number of carbonyl (C=O) groups excluding carboxylic acids is 2. The van der Waals surface area contributed by atoms with Crippen LogP contribution in [0.2, 0.25) is 0 Å². The number of hydrogen-bond acceptors (Lipinski definition) is 6. The van der Waals surface area contributed by atoms with Crippen LogP contribution in [0.4, 0.5) is 4.79 Å². The molecule has 2 aromatic rings. The fourth-order valence-electron chi connectivity index (χ4n) is 4.57. The van der Waals surface area contributed by atoms with Crippen LogP contribution < -0.4 is 10.6 Å².